The zero-order valence-corrected chi connectivity index (χ0v) is 14.2. The summed E-state index contributed by atoms with van der Waals surface area (Å²) in [6.45, 7) is 8.52. The second-order valence-electron chi connectivity index (χ2n) is 5.25. The molecule has 0 aliphatic heterocycles. The van der Waals surface area contributed by atoms with E-state index in [9.17, 15) is 5.11 Å². The summed E-state index contributed by atoms with van der Waals surface area (Å²) in [5, 5.41) is 18.8. The molecule has 120 valence electrons. The number of benzene rings is 2. The van der Waals surface area contributed by atoms with Gasteiger partial charge in [0.1, 0.15) is 11.5 Å². The van der Waals surface area contributed by atoms with Crippen LogP contribution in [0, 0.1) is 0 Å². The Hall–Kier alpha value is -1.96. The Morgan fingerprint density at radius 1 is 0.682 bits per heavy atom. The maximum atomic E-state index is 10.2. The van der Waals surface area contributed by atoms with Crippen molar-refractivity contribution in [2.45, 2.75) is 53.4 Å². The van der Waals surface area contributed by atoms with Gasteiger partial charge in [-0.2, -0.15) is 0 Å². The smallest absolute Gasteiger partial charge is 0.122 e. The van der Waals surface area contributed by atoms with E-state index in [4.69, 9.17) is 5.11 Å². The molecular formula is C20H28O2. The topological polar surface area (TPSA) is 40.5 Å². The third-order valence-electron chi connectivity index (χ3n) is 3.92. The molecule has 2 aromatic carbocycles. The van der Waals surface area contributed by atoms with Gasteiger partial charge in [0.25, 0.3) is 0 Å². The lowest BCUT2D eigenvalue weighted by Crippen LogP contribution is -2.00. The molecule has 0 aliphatic rings. The van der Waals surface area contributed by atoms with Gasteiger partial charge < -0.3 is 10.2 Å². The molecule has 22 heavy (non-hydrogen) atoms. The number of hydrogen-bond acceptors (Lipinski definition) is 2. The molecule has 0 fully saturated rings. The molecule has 2 aromatic rings. The molecule has 0 bridgehead atoms. The van der Waals surface area contributed by atoms with Crippen LogP contribution in [-0.4, -0.2) is 10.2 Å². The monoisotopic (exact) mass is 300 g/mol. The lowest BCUT2D eigenvalue weighted by Gasteiger charge is -2.16. The summed E-state index contributed by atoms with van der Waals surface area (Å²) < 4.78 is 0. The summed E-state index contributed by atoms with van der Waals surface area (Å²) in [4.78, 5) is 0. The fourth-order valence-electron chi connectivity index (χ4n) is 2.72. The Morgan fingerprint density at radius 2 is 1.14 bits per heavy atom. The first-order valence-electron chi connectivity index (χ1n) is 8.18. The molecule has 0 aromatic heterocycles. The first-order valence-corrected chi connectivity index (χ1v) is 8.18. The van der Waals surface area contributed by atoms with Crippen molar-refractivity contribution in [2.24, 2.45) is 0 Å². The van der Waals surface area contributed by atoms with Crippen molar-refractivity contribution < 1.29 is 10.2 Å². The van der Waals surface area contributed by atoms with Gasteiger partial charge >= 0.3 is 0 Å². The minimum absolute atomic E-state index is 0.322. The predicted octanol–water partition coefficient (Wildman–Crippen LogP) is 5.03. The SMILES string of the molecule is CCc1cc(CC)c(CC)c(O)c1CC.Oc1ccccc1. The van der Waals surface area contributed by atoms with Gasteiger partial charge in [0.05, 0.1) is 0 Å². The zero-order valence-electron chi connectivity index (χ0n) is 14.2. The van der Waals surface area contributed by atoms with E-state index in [1.165, 1.54) is 11.1 Å². The van der Waals surface area contributed by atoms with Crippen LogP contribution in [0.15, 0.2) is 36.4 Å². The third-order valence-corrected chi connectivity index (χ3v) is 3.92. The van der Waals surface area contributed by atoms with E-state index in [0.717, 1.165) is 36.8 Å². The number of aryl methyl sites for hydroxylation is 2. The van der Waals surface area contributed by atoms with Crippen LogP contribution < -0.4 is 0 Å². The molecule has 0 aliphatic carbocycles. The Bertz CT molecular complexity index is 544. The van der Waals surface area contributed by atoms with Gasteiger partial charge in [0.2, 0.25) is 0 Å². The van der Waals surface area contributed by atoms with Gasteiger partial charge in [-0.05, 0) is 60.1 Å². The zero-order chi connectivity index (χ0) is 16.5. The van der Waals surface area contributed by atoms with Crippen molar-refractivity contribution in [1.82, 2.24) is 0 Å². The number of phenols is 2. The summed E-state index contributed by atoms with van der Waals surface area (Å²) in [6.07, 6.45) is 3.86. The minimum atomic E-state index is 0.322. The van der Waals surface area contributed by atoms with E-state index in [2.05, 4.69) is 33.8 Å². The number of hydrogen-bond donors (Lipinski definition) is 2. The predicted molar refractivity (Wildman–Crippen MR) is 93.7 cm³/mol. The van der Waals surface area contributed by atoms with Crippen molar-refractivity contribution >= 4 is 0 Å². The molecule has 0 saturated heterocycles. The number of aromatic hydroxyl groups is 2. The van der Waals surface area contributed by atoms with Crippen LogP contribution in [0.5, 0.6) is 11.5 Å². The van der Waals surface area contributed by atoms with Crippen LogP contribution in [0.2, 0.25) is 0 Å². The second kappa shape index (κ2) is 9.14. The minimum Gasteiger partial charge on any atom is -0.508 e. The summed E-state index contributed by atoms with van der Waals surface area (Å²) in [5.41, 5.74) is 4.91. The van der Waals surface area contributed by atoms with E-state index in [-0.39, 0.29) is 0 Å². The molecule has 0 spiro atoms. The van der Waals surface area contributed by atoms with Crippen LogP contribution in [0.4, 0.5) is 0 Å². The number of rotatable bonds is 4. The lowest BCUT2D eigenvalue weighted by molar-refractivity contribution is 0.460. The van der Waals surface area contributed by atoms with E-state index >= 15 is 0 Å². The van der Waals surface area contributed by atoms with Crippen molar-refractivity contribution in [3.05, 3.63) is 58.7 Å². The van der Waals surface area contributed by atoms with E-state index in [0.29, 0.717) is 11.5 Å². The van der Waals surface area contributed by atoms with Crippen molar-refractivity contribution in [3.63, 3.8) is 0 Å². The van der Waals surface area contributed by atoms with Crippen molar-refractivity contribution in [1.29, 1.82) is 0 Å². The van der Waals surface area contributed by atoms with Gasteiger partial charge in [-0.15, -0.1) is 0 Å². The van der Waals surface area contributed by atoms with Crippen LogP contribution in [0.25, 0.3) is 0 Å². The van der Waals surface area contributed by atoms with Gasteiger partial charge in [0.15, 0.2) is 0 Å². The number of para-hydroxylation sites is 1. The van der Waals surface area contributed by atoms with Gasteiger partial charge in [0, 0.05) is 0 Å². The lowest BCUT2D eigenvalue weighted by atomic mass is 9.92. The quantitative estimate of drug-likeness (QED) is 0.831. The fourth-order valence-corrected chi connectivity index (χ4v) is 2.72. The Balaban J connectivity index is 0.000000287. The molecular weight excluding hydrogens is 272 g/mol. The van der Waals surface area contributed by atoms with E-state index in [1.807, 2.05) is 6.07 Å². The molecule has 0 radical (unpaired) electrons. The first kappa shape index (κ1) is 18.1. The van der Waals surface area contributed by atoms with Gasteiger partial charge in [-0.3, -0.25) is 0 Å². The third kappa shape index (κ3) is 4.52. The highest BCUT2D eigenvalue weighted by Gasteiger charge is 2.13. The van der Waals surface area contributed by atoms with Crippen LogP contribution >= 0.6 is 0 Å². The molecule has 0 atom stereocenters. The van der Waals surface area contributed by atoms with Crippen LogP contribution in [0.3, 0.4) is 0 Å². The molecule has 2 rings (SSSR count). The summed E-state index contributed by atoms with van der Waals surface area (Å²) in [6, 6.07) is 11.0. The highest BCUT2D eigenvalue weighted by Crippen LogP contribution is 2.31. The molecule has 0 amide bonds. The first-order chi connectivity index (χ1) is 10.6. The molecule has 2 heteroatoms. The highest BCUT2D eigenvalue weighted by molar-refractivity contribution is 5.50. The fraction of sp³-hybridized carbons (Fsp3) is 0.400. The normalized spacial score (nSPS) is 10.0. The van der Waals surface area contributed by atoms with Gasteiger partial charge in [-0.1, -0.05) is 52.0 Å². The van der Waals surface area contributed by atoms with Crippen LogP contribution in [-0.2, 0) is 25.7 Å². The number of phenolic OH excluding ortho intramolecular Hbond substituents is 2. The highest BCUT2D eigenvalue weighted by atomic mass is 16.3. The van der Waals surface area contributed by atoms with E-state index < -0.39 is 0 Å². The van der Waals surface area contributed by atoms with Crippen molar-refractivity contribution in [3.8, 4) is 11.5 Å². The Morgan fingerprint density at radius 3 is 1.41 bits per heavy atom. The Kier molecular flexibility index (Phi) is 7.51. The van der Waals surface area contributed by atoms with E-state index in [1.54, 1.807) is 24.3 Å². The molecule has 0 heterocycles. The summed E-state index contributed by atoms with van der Waals surface area (Å²) in [7, 11) is 0. The summed E-state index contributed by atoms with van der Waals surface area (Å²) >= 11 is 0. The maximum absolute atomic E-state index is 10.2. The average Bonchev–Trinajstić information content (AvgIpc) is 2.55. The summed E-state index contributed by atoms with van der Waals surface area (Å²) in [5.74, 6) is 0.874. The Labute approximate surface area is 134 Å². The molecule has 0 unspecified atom stereocenters. The standard InChI is InChI=1S/C14H22O.C6H6O/c1-5-10-9-11(6-2)13(8-4)14(15)12(10)7-3;7-6-4-2-1-3-5-6/h9,15H,5-8H2,1-4H3;1-5,7H. The molecule has 2 N–H and O–H groups in total. The molecule has 2 nitrogen and oxygen atoms in total. The molecule has 0 saturated carbocycles. The van der Waals surface area contributed by atoms with Gasteiger partial charge in [-0.25, -0.2) is 0 Å². The van der Waals surface area contributed by atoms with Crippen molar-refractivity contribution in [2.75, 3.05) is 0 Å². The largest absolute Gasteiger partial charge is 0.508 e. The van der Waals surface area contributed by atoms with Crippen LogP contribution in [0.1, 0.15) is 49.9 Å². The second-order valence-corrected chi connectivity index (χ2v) is 5.25. The average molecular weight is 300 g/mol. The maximum Gasteiger partial charge on any atom is 0.122 e.